The molecule has 84 valence electrons. The van der Waals surface area contributed by atoms with E-state index >= 15 is 0 Å². The smallest absolute Gasteiger partial charge is 0.255 e. The van der Waals surface area contributed by atoms with Crippen molar-refractivity contribution in [2.75, 3.05) is 4.72 Å². The molecule has 1 aromatic rings. The van der Waals surface area contributed by atoms with E-state index in [0.29, 0.717) is 5.82 Å². The third-order valence-electron chi connectivity index (χ3n) is 1.34. The highest BCUT2D eigenvalue weighted by atomic mass is 32.2. The minimum Gasteiger partial charge on any atom is -0.255 e. The number of hydrogen-bond donors (Lipinski definition) is 2. The van der Waals surface area contributed by atoms with Crippen LogP contribution in [-0.4, -0.2) is 18.9 Å². The van der Waals surface area contributed by atoms with Crippen molar-refractivity contribution in [2.24, 2.45) is 0 Å². The van der Waals surface area contributed by atoms with Crippen molar-refractivity contribution < 1.29 is 8.42 Å². The number of hydrogen-bond acceptors (Lipinski definition) is 3. The van der Waals surface area contributed by atoms with Gasteiger partial charge in [0.1, 0.15) is 5.82 Å². The van der Waals surface area contributed by atoms with E-state index in [1.807, 2.05) is 0 Å². The summed E-state index contributed by atoms with van der Waals surface area (Å²) in [6, 6.07) is 5.01. The van der Waals surface area contributed by atoms with Gasteiger partial charge in [-0.15, -0.1) is 0 Å². The molecule has 15 heavy (non-hydrogen) atoms. The molecule has 0 fully saturated rings. The average molecular weight is 229 g/mol. The molecule has 2 N–H and O–H groups in total. The maximum atomic E-state index is 11.6. The van der Waals surface area contributed by atoms with Crippen molar-refractivity contribution in [3.8, 4) is 0 Å². The van der Waals surface area contributed by atoms with Gasteiger partial charge in [-0.3, -0.25) is 4.72 Å². The molecule has 0 saturated heterocycles. The minimum atomic E-state index is -3.55. The molecular formula is C9H15N3O2S. The molecule has 0 amide bonds. The summed E-state index contributed by atoms with van der Waals surface area (Å²) in [5.41, 5.74) is -0.513. The Bertz CT molecular complexity index is 409. The minimum absolute atomic E-state index is 0.300. The standard InChI is InChI=1S/C9H15N3O2S/c1-9(2,3)12-15(13,14)11-8-6-4-5-7-10-8/h4-7,12H,1-3H3,(H,10,11). The summed E-state index contributed by atoms with van der Waals surface area (Å²) in [5, 5.41) is 0. The molecule has 1 rings (SSSR count). The van der Waals surface area contributed by atoms with Crippen molar-refractivity contribution in [3.05, 3.63) is 24.4 Å². The van der Waals surface area contributed by atoms with Crippen LogP contribution in [0.25, 0.3) is 0 Å². The maximum absolute atomic E-state index is 11.6. The topological polar surface area (TPSA) is 71.1 Å². The van der Waals surface area contributed by atoms with Crippen molar-refractivity contribution in [1.82, 2.24) is 9.71 Å². The molecule has 6 heteroatoms. The Morgan fingerprint density at radius 1 is 1.27 bits per heavy atom. The molecule has 0 saturated carbocycles. The third kappa shape index (κ3) is 4.75. The molecule has 0 bridgehead atoms. The Balaban J connectivity index is 2.74. The number of nitrogens with zero attached hydrogens (tertiary/aromatic N) is 1. The Morgan fingerprint density at radius 2 is 1.93 bits per heavy atom. The zero-order chi connectivity index (χ0) is 11.5. The molecule has 5 nitrogen and oxygen atoms in total. The second kappa shape index (κ2) is 4.16. The van der Waals surface area contributed by atoms with Gasteiger partial charge in [-0.2, -0.15) is 13.1 Å². The van der Waals surface area contributed by atoms with Crippen LogP contribution in [0.15, 0.2) is 24.4 Å². The van der Waals surface area contributed by atoms with Gasteiger partial charge in [0.05, 0.1) is 0 Å². The zero-order valence-corrected chi connectivity index (χ0v) is 9.80. The second-order valence-corrected chi connectivity index (χ2v) is 5.59. The number of rotatable bonds is 3. The van der Waals surface area contributed by atoms with Crippen LogP contribution in [0.2, 0.25) is 0 Å². The molecular weight excluding hydrogens is 214 g/mol. The lowest BCUT2D eigenvalue weighted by molar-refractivity contribution is 0.494. The normalized spacial score (nSPS) is 12.5. The summed E-state index contributed by atoms with van der Waals surface area (Å²) in [7, 11) is -3.55. The summed E-state index contributed by atoms with van der Waals surface area (Å²) in [4.78, 5) is 3.86. The first-order valence-electron chi connectivity index (χ1n) is 4.51. The van der Waals surface area contributed by atoms with Crippen LogP contribution in [0.5, 0.6) is 0 Å². The fourth-order valence-electron chi connectivity index (χ4n) is 0.989. The van der Waals surface area contributed by atoms with Crippen LogP contribution in [0.1, 0.15) is 20.8 Å². The predicted molar refractivity (Wildman–Crippen MR) is 59.7 cm³/mol. The van der Waals surface area contributed by atoms with E-state index in [4.69, 9.17) is 0 Å². The number of nitrogens with one attached hydrogen (secondary N) is 2. The lowest BCUT2D eigenvalue weighted by Gasteiger charge is -2.20. The lowest BCUT2D eigenvalue weighted by atomic mass is 10.1. The first kappa shape index (κ1) is 11.9. The van der Waals surface area contributed by atoms with Crippen LogP contribution in [0, 0.1) is 0 Å². The van der Waals surface area contributed by atoms with Crippen molar-refractivity contribution in [3.63, 3.8) is 0 Å². The molecule has 0 aliphatic rings. The molecule has 1 aromatic heterocycles. The molecule has 0 aromatic carbocycles. The Morgan fingerprint density at radius 3 is 2.40 bits per heavy atom. The number of anilines is 1. The summed E-state index contributed by atoms with van der Waals surface area (Å²) in [5.74, 6) is 0.300. The van der Waals surface area contributed by atoms with Gasteiger partial charge in [0, 0.05) is 11.7 Å². The molecule has 0 aliphatic heterocycles. The first-order chi connectivity index (χ1) is 6.79. The Hall–Kier alpha value is -1.14. The Kier molecular flexibility index (Phi) is 3.31. The highest BCUT2D eigenvalue weighted by Gasteiger charge is 2.19. The SMILES string of the molecule is CC(C)(C)NS(=O)(=O)Nc1ccccn1. The van der Waals surface area contributed by atoms with E-state index in [2.05, 4.69) is 14.4 Å². The summed E-state index contributed by atoms with van der Waals surface area (Å²) in [6.07, 6.45) is 1.52. The molecule has 0 spiro atoms. The van der Waals surface area contributed by atoms with Gasteiger partial charge in [-0.1, -0.05) is 6.07 Å². The van der Waals surface area contributed by atoms with Gasteiger partial charge < -0.3 is 0 Å². The van der Waals surface area contributed by atoms with Crippen LogP contribution < -0.4 is 9.44 Å². The fourth-order valence-corrected chi connectivity index (χ4v) is 2.24. The fraction of sp³-hybridized carbons (Fsp3) is 0.444. The monoisotopic (exact) mass is 229 g/mol. The number of pyridine rings is 1. The van der Waals surface area contributed by atoms with Gasteiger partial charge in [0.15, 0.2) is 0 Å². The Labute approximate surface area is 90.1 Å². The molecule has 0 aliphatic carbocycles. The van der Waals surface area contributed by atoms with Gasteiger partial charge in [-0.25, -0.2) is 4.98 Å². The van der Waals surface area contributed by atoms with Gasteiger partial charge in [0.2, 0.25) is 0 Å². The first-order valence-corrected chi connectivity index (χ1v) is 6.00. The van der Waals surface area contributed by atoms with Crippen LogP contribution >= 0.6 is 0 Å². The number of aromatic nitrogens is 1. The van der Waals surface area contributed by atoms with E-state index in [1.165, 1.54) is 6.20 Å². The highest BCUT2D eigenvalue weighted by molar-refractivity contribution is 7.90. The summed E-state index contributed by atoms with van der Waals surface area (Å²) < 4.78 is 27.9. The molecule has 0 atom stereocenters. The third-order valence-corrected chi connectivity index (χ3v) is 2.70. The average Bonchev–Trinajstić information content (AvgIpc) is 1.99. The van der Waals surface area contributed by atoms with Crippen LogP contribution in [-0.2, 0) is 10.2 Å². The van der Waals surface area contributed by atoms with Crippen molar-refractivity contribution in [2.45, 2.75) is 26.3 Å². The summed E-state index contributed by atoms with van der Waals surface area (Å²) >= 11 is 0. The van der Waals surface area contributed by atoms with Gasteiger partial charge in [-0.05, 0) is 32.9 Å². The second-order valence-electron chi connectivity index (χ2n) is 4.17. The van der Waals surface area contributed by atoms with Crippen molar-refractivity contribution >= 4 is 16.0 Å². The van der Waals surface area contributed by atoms with E-state index in [0.717, 1.165) is 0 Å². The maximum Gasteiger partial charge on any atom is 0.300 e. The highest BCUT2D eigenvalue weighted by Crippen LogP contribution is 2.06. The van der Waals surface area contributed by atoms with E-state index in [1.54, 1.807) is 39.0 Å². The van der Waals surface area contributed by atoms with Gasteiger partial charge >= 0.3 is 10.2 Å². The van der Waals surface area contributed by atoms with E-state index in [9.17, 15) is 8.42 Å². The molecule has 0 radical (unpaired) electrons. The quantitative estimate of drug-likeness (QED) is 0.816. The van der Waals surface area contributed by atoms with Crippen LogP contribution in [0.4, 0.5) is 5.82 Å². The van der Waals surface area contributed by atoms with E-state index in [-0.39, 0.29) is 0 Å². The molecule has 1 heterocycles. The largest absolute Gasteiger partial charge is 0.300 e. The van der Waals surface area contributed by atoms with Gasteiger partial charge in [0.25, 0.3) is 0 Å². The van der Waals surface area contributed by atoms with Crippen molar-refractivity contribution in [1.29, 1.82) is 0 Å². The lowest BCUT2D eigenvalue weighted by Crippen LogP contribution is -2.43. The predicted octanol–water partition coefficient (Wildman–Crippen LogP) is 1.13. The van der Waals surface area contributed by atoms with E-state index < -0.39 is 15.7 Å². The molecule has 0 unspecified atom stereocenters. The van der Waals surface area contributed by atoms with Crippen LogP contribution in [0.3, 0.4) is 0 Å². The zero-order valence-electron chi connectivity index (χ0n) is 8.98. The summed E-state index contributed by atoms with van der Waals surface area (Å²) in [6.45, 7) is 5.31.